The number of benzene rings is 1. The first-order valence-electron chi connectivity index (χ1n) is 5.15. The lowest BCUT2D eigenvalue weighted by Crippen LogP contribution is -2.24. The van der Waals surface area contributed by atoms with E-state index in [9.17, 15) is 0 Å². The van der Waals surface area contributed by atoms with Gasteiger partial charge in [-0.15, -0.1) is 0 Å². The largest absolute Gasteiger partial charge is 0.395 e. The second-order valence-corrected chi connectivity index (χ2v) is 5.28. The summed E-state index contributed by atoms with van der Waals surface area (Å²) < 4.78 is 2.21. The third-order valence-corrected chi connectivity index (χ3v) is 4.39. The Labute approximate surface area is 102 Å². The Bertz CT molecular complexity index is 513. The van der Waals surface area contributed by atoms with Crippen molar-refractivity contribution in [2.75, 3.05) is 18.9 Å². The first kappa shape index (κ1) is 11.3. The van der Waals surface area contributed by atoms with Gasteiger partial charge in [0.15, 0.2) is 0 Å². The molecule has 0 aliphatic heterocycles. The molecule has 2 aromatic rings. The molecule has 1 aromatic carbocycles. The highest BCUT2D eigenvalue weighted by molar-refractivity contribution is 7.69. The van der Waals surface area contributed by atoms with Crippen molar-refractivity contribution in [3.8, 4) is 0 Å². The topological polar surface area (TPSA) is 27.9 Å². The molecule has 5 heteroatoms. The highest BCUT2D eigenvalue weighted by atomic mass is 32.9. The Morgan fingerprint density at radius 2 is 2.00 bits per heavy atom. The SMILES string of the molecule is CC[N+](c1ccccc1)=c1nc(NC)ss1. The fourth-order valence-electron chi connectivity index (χ4n) is 1.44. The first-order chi connectivity index (χ1) is 7.85. The van der Waals surface area contributed by atoms with E-state index >= 15 is 0 Å². The second kappa shape index (κ2) is 5.23. The van der Waals surface area contributed by atoms with Gasteiger partial charge in [0.25, 0.3) is 0 Å². The van der Waals surface area contributed by atoms with E-state index in [0.717, 1.165) is 16.5 Å². The standard InChI is InChI=1S/C11H13N3S2/c1-3-14(9-7-5-4-6-8-9)11-13-10(12-2)15-16-11/h4-8H,3H2,1-2H3/p+1. The molecule has 0 saturated heterocycles. The number of hydrogen-bond donors (Lipinski definition) is 1. The van der Waals surface area contributed by atoms with Crippen molar-refractivity contribution in [2.24, 2.45) is 0 Å². The summed E-state index contributed by atoms with van der Waals surface area (Å²) in [5.74, 6) is 0. The number of hydrogen-bond acceptors (Lipinski definition) is 4. The molecule has 0 unspecified atom stereocenters. The first-order valence-corrected chi connectivity index (χ1v) is 7.30. The number of rotatable bonds is 3. The van der Waals surface area contributed by atoms with E-state index in [1.807, 2.05) is 25.2 Å². The van der Waals surface area contributed by atoms with Crippen LogP contribution >= 0.6 is 20.7 Å². The zero-order chi connectivity index (χ0) is 11.4. The van der Waals surface area contributed by atoms with Crippen molar-refractivity contribution < 1.29 is 0 Å². The third kappa shape index (κ3) is 2.31. The van der Waals surface area contributed by atoms with Crippen LogP contribution in [0, 0.1) is 0 Å². The number of para-hydroxylation sites is 1. The van der Waals surface area contributed by atoms with Crippen LogP contribution in [0.15, 0.2) is 30.3 Å². The van der Waals surface area contributed by atoms with E-state index < -0.39 is 0 Å². The lowest BCUT2D eigenvalue weighted by Gasteiger charge is -1.99. The zero-order valence-corrected chi connectivity index (χ0v) is 10.9. The summed E-state index contributed by atoms with van der Waals surface area (Å²) in [6.45, 7) is 3.06. The Morgan fingerprint density at radius 3 is 2.56 bits per heavy atom. The van der Waals surface area contributed by atoms with Crippen LogP contribution < -0.4 is 14.7 Å². The van der Waals surface area contributed by atoms with Crippen molar-refractivity contribution in [3.63, 3.8) is 0 Å². The van der Waals surface area contributed by atoms with Crippen LogP contribution in [0.2, 0.25) is 0 Å². The van der Waals surface area contributed by atoms with Crippen molar-refractivity contribution >= 4 is 31.5 Å². The van der Waals surface area contributed by atoms with Crippen LogP contribution in [0.1, 0.15) is 6.92 Å². The molecule has 0 amide bonds. The van der Waals surface area contributed by atoms with Crippen molar-refractivity contribution in [1.82, 2.24) is 9.56 Å². The van der Waals surface area contributed by atoms with Crippen molar-refractivity contribution in [1.29, 1.82) is 0 Å². The van der Waals surface area contributed by atoms with Gasteiger partial charge in [0, 0.05) is 22.4 Å². The molecule has 0 atom stereocenters. The summed E-state index contributed by atoms with van der Waals surface area (Å²) in [7, 11) is 5.26. The number of aromatic nitrogens is 1. The predicted molar refractivity (Wildman–Crippen MR) is 71.4 cm³/mol. The molecule has 1 N–H and O–H groups in total. The maximum Gasteiger partial charge on any atom is 0.395 e. The minimum absolute atomic E-state index is 0.924. The molecule has 0 radical (unpaired) electrons. The van der Waals surface area contributed by atoms with E-state index in [0.29, 0.717) is 0 Å². The summed E-state index contributed by atoms with van der Waals surface area (Å²) in [5.41, 5.74) is 1.19. The van der Waals surface area contributed by atoms with Gasteiger partial charge in [0.2, 0.25) is 0 Å². The molecule has 2 rings (SSSR count). The molecule has 0 aliphatic carbocycles. The summed E-state index contributed by atoms with van der Waals surface area (Å²) in [5, 5.41) is 4.04. The molecule has 16 heavy (non-hydrogen) atoms. The fraction of sp³-hybridized carbons (Fsp3) is 0.273. The molecule has 0 fully saturated rings. The summed E-state index contributed by atoms with van der Waals surface area (Å²) in [6, 6.07) is 10.3. The molecule has 0 aliphatic rings. The van der Waals surface area contributed by atoms with E-state index in [2.05, 4.69) is 33.9 Å². The quantitative estimate of drug-likeness (QED) is 0.671. The van der Waals surface area contributed by atoms with Gasteiger partial charge in [-0.1, -0.05) is 18.2 Å². The van der Waals surface area contributed by atoms with E-state index in [4.69, 9.17) is 0 Å². The van der Waals surface area contributed by atoms with Crippen LogP contribution in [0.3, 0.4) is 0 Å². The predicted octanol–water partition coefficient (Wildman–Crippen LogP) is 2.37. The zero-order valence-electron chi connectivity index (χ0n) is 9.30. The molecule has 0 bridgehead atoms. The van der Waals surface area contributed by atoms with Crippen LogP contribution in [0.5, 0.6) is 0 Å². The van der Waals surface area contributed by atoms with E-state index in [1.165, 1.54) is 5.69 Å². The Morgan fingerprint density at radius 1 is 1.25 bits per heavy atom. The van der Waals surface area contributed by atoms with Gasteiger partial charge in [0.05, 0.1) is 6.54 Å². The molecular weight excluding hydrogens is 238 g/mol. The lowest BCUT2D eigenvalue weighted by atomic mass is 10.3. The van der Waals surface area contributed by atoms with Gasteiger partial charge in [0.1, 0.15) is 5.69 Å². The Kier molecular flexibility index (Phi) is 3.69. The minimum Gasteiger partial charge on any atom is -0.343 e. The van der Waals surface area contributed by atoms with Crippen molar-refractivity contribution in [3.05, 3.63) is 35.1 Å². The molecule has 1 aromatic heterocycles. The average Bonchev–Trinajstić information content (AvgIpc) is 2.80. The Balaban J connectivity index is 2.54. The molecule has 84 valence electrons. The number of nitrogens with one attached hydrogen (secondary N) is 1. The maximum absolute atomic E-state index is 4.53. The molecule has 0 spiro atoms. The van der Waals surface area contributed by atoms with Gasteiger partial charge in [-0.25, -0.2) is 4.58 Å². The fourth-order valence-corrected chi connectivity index (χ4v) is 3.52. The smallest absolute Gasteiger partial charge is 0.343 e. The summed E-state index contributed by atoms with van der Waals surface area (Å²) in [4.78, 5) is 5.57. The van der Waals surface area contributed by atoms with E-state index in [1.54, 1.807) is 20.7 Å². The van der Waals surface area contributed by atoms with E-state index in [-0.39, 0.29) is 0 Å². The highest BCUT2D eigenvalue weighted by Gasteiger charge is 2.10. The van der Waals surface area contributed by atoms with Gasteiger partial charge >= 0.3 is 9.93 Å². The summed E-state index contributed by atoms with van der Waals surface area (Å²) in [6.07, 6.45) is 0. The normalized spacial score (nSPS) is 12.4. The molecule has 0 saturated carbocycles. The minimum atomic E-state index is 0.924. The second-order valence-electron chi connectivity index (χ2n) is 3.20. The maximum atomic E-state index is 4.53. The summed E-state index contributed by atoms with van der Waals surface area (Å²) >= 11 is 0. The van der Waals surface area contributed by atoms with Crippen molar-refractivity contribution in [2.45, 2.75) is 6.92 Å². The number of anilines is 1. The number of nitrogens with zero attached hydrogens (tertiary/aromatic N) is 2. The van der Waals surface area contributed by atoms with Crippen LogP contribution in [0.25, 0.3) is 0 Å². The molecular formula is C11H14N3S2+. The Hall–Kier alpha value is -1.20. The third-order valence-electron chi connectivity index (χ3n) is 2.22. The monoisotopic (exact) mass is 252 g/mol. The van der Waals surface area contributed by atoms with Gasteiger partial charge in [-0.05, 0) is 29.4 Å². The van der Waals surface area contributed by atoms with Crippen LogP contribution in [-0.2, 0) is 0 Å². The lowest BCUT2D eigenvalue weighted by molar-refractivity contribution is 0.765. The van der Waals surface area contributed by atoms with Gasteiger partial charge < -0.3 is 5.32 Å². The van der Waals surface area contributed by atoms with Crippen LogP contribution in [-0.4, -0.2) is 18.6 Å². The van der Waals surface area contributed by atoms with Gasteiger partial charge in [-0.2, -0.15) is 0 Å². The molecule has 1 heterocycles. The highest BCUT2D eigenvalue weighted by Crippen LogP contribution is 2.13. The van der Waals surface area contributed by atoms with Gasteiger partial charge in [-0.3, -0.25) is 0 Å². The average molecular weight is 252 g/mol. The van der Waals surface area contributed by atoms with Crippen LogP contribution in [0.4, 0.5) is 10.8 Å². The molecule has 3 nitrogen and oxygen atoms in total.